The van der Waals surface area contributed by atoms with Gasteiger partial charge in [-0.15, -0.1) is 0 Å². The Bertz CT molecular complexity index is 192. The molecule has 1 rings (SSSR count). The van der Waals surface area contributed by atoms with Crippen LogP contribution in [0.2, 0.25) is 0 Å². The van der Waals surface area contributed by atoms with Crippen LogP contribution in [0, 0.1) is 0 Å². The summed E-state index contributed by atoms with van der Waals surface area (Å²) in [7, 11) is 1.59. The van der Waals surface area contributed by atoms with Gasteiger partial charge in [0.15, 0.2) is 0 Å². The van der Waals surface area contributed by atoms with E-state index >= 15 is 0 Å². The van der Waals surface area contributed by atoms with Gasteiger partial charge in [-0.2, -0.15) is 0 Å². The summed E-state index contributed by atoms with van der Waals surface area (Å²) in [4.78, 5) is 0. The number of methoxy groups -OCH3 is 1. The van der Waals surface area contributed by atoms with Crippen LogP contribution in [0.15, 0.2) is 30.3 Å². The minimum atomic E-state index is -0.184. The zero-order valence-electron chi connectivity index (χ0n) is 6.53. The molecule has 0 amide bonds. The summed E-state index contributed by atoms with van der Waals surface area (Å²) in [6.07, 6.45) is -0.184. The van der Waals surface area contributed by atoms with Crippen molar-refractivity contribution in [2.45, 2.75) is 6.10 Å². The van der Waals surface area contributed by atoms with Gasteiger partial charge in [0.2, 0.25) is 0 Å². The number of aliphatic hydroxyl groups excluding tert-OH is 1. The van der Waals surface area contributed by atoms with Gasteiger partial charge in [0.1, 0.15) is 6.10 Å². The molecule has 2 heteroatoms. The summed E-state index contributed by atoms with van der Waals surface area (Å²) in [5.41, 5.74) is 1.01. The number of ether oxygens (including phenoxy) is 1. The maximum Gasteiger partial charge on any atom is 0.105 e. The lowest BCUT2D eigenvalue weighted by Gasteiger charge is -2.11. The quantitative estimate of drug-likeness (QED) is 0.708. The highest BCUT2D eigenvalue weighted by Gasteiger charge is 2.06. The van der Waals surface area contributed by atoms with Crippen molar-refractivity contribution in [2.75, 3.05) is 13.7 Å². The second-order valence-corrected chi connectivity index (χ2v) is 2.32. The first-order chi connectivity index (χ1) is 5.38. The van der Waals surface area contributed by atoms with Gasteiger partial charge >= 0.3 is 0 Å². The van der Waals surface area contributed by atoms with Crippen LogP contribution < -0.4 is 0 Å². The first kappa shape index (κ1) is 8.24. The van der Waals surface area contributed by atoms with Crippen molar-refractivity contribution >= 4 is 0 Å². The summed E-state index contributed by atoms with van der Waals surface area (Å²) >= 11 is 0. The first-order valence-corrected chi connectivity index (χ1v) is 3.57. The molecular weight excluding hydrogens is 140 g/mol. The highest BCUT2D eigenvalue weighted by atomic mass is 16.5. The van der Waals surface area contributed by atoms with Crippen molar-refractivity contribution in [1.29, 1.82) is 0 Å². The van der Waals surface area contributed by atoms with Gasteiger partial charge in [-0.3, -0.25) is 0 Å². The molecule has 11 heavy (non-hydrogen) atoms. The van der Waals surface area contributed by atoms with Gasteiger partial charge < -0.3 is 9.84 Å². The van der Waals surface area contributed by atoms with E-state index < -0.39 is 0 Å². The molecule has 0 heterocycles. The van der Waals surface area contributed by atoms with Crippen molar-refractivity contribution in [2.24, 2.45) is 0 Å². The van der Waals surface area contributed by atoms with Crippen LogP contribution in [-0.4, -0.2) is 18.8 Å². The van der Waals surface area contributed by atoms with Crippen LogP contribution in [-0.2, 0) is 4.74 Å². The number of hydrogen-bond donors (Lipinski definition) is 1. The zero-order chi connectivity index (χ0) is 8.10. The lowest BCUT2D eigenvalue weighted by atomic mass is 10.1. The normalized spacial score (nSPS) is 12.9. The summed E-state index contributed by atoms with van der Waals surface area (Å²) in [5.74, 6) is 0. The zero-order valence-corrected chi connectivity index (χ0v) is 6.53. The smallest absolute Gasteiger partial charge is 0.105 e. The maximum atomic E-state index is 8.85. The van der Waals surface area contributed by atoms with E-state index in [1.807, 2.05) is 30.3 Å². The number of benzene rings is 1. The molecule has 0 spiro atoms. The molecule has 0 aliphatic rings. The second kappa shape index (κ2) is 4.11. The van der Waals surface area contributed by atoms with E-state index in [1.54, 1.807) is 7.11 Å². The minimum Gasteiger partial charge on any atom is -0.393 e. The van der Waals surface area contributed by atoms with E-state index in [-0.39, 0.29) is 12.7 Å². The fraction of sp³-hybridized carbons (Fsp3) is 0.333. The number of rotatable bonds is 3. The average Bonchev–Trinajstić information content (AvgIpc) is 2.09. The molecule has 0 saturated carbocycles. The fourth-order valence-corrected chi connectivity index (χ4v) is 0.984. The Morgan fingerprint density at radius 3 is 2.45 bits per heavy atom. The van der Waals surface area contributed by atoms with Crippen LogP contribution in [0.3, 0.4) is 0 Å². The lowest BCUT2D eigenvalue weighted by Crippen LogP contribution is -2.05. The lowest BCUT2D eigenvalue weighted by molar-refractivity contribution is 0.0484. The van der Waals surface area contributed by atoms with Gasteiger partial charge in [0, 0.05) is 7.11 Å². The van der Waals surface area contributed by atoms with Gasteiger partial charge in [-0.25, -0.2) is 0 Å². The van der Waals surface area contributed by atoms with Crippen molar-refractivity contribution in [3.63, 3.8) is 0 Å². The van der Waals surface area contributed by atoms with Gasteiger partial charge in [0.05, 0.1) is 6.61 Å². The Labute approximate surface area is 66.4 Å². The van der Waals surface area contributed by atoms with Crippen molar-refractivity contribution in [3.05, 3.63) is 35.9 Å². The molecule has 0 fully saturated rings. The molecule has 1 aromatic carbocycles. The molecule has 0 saturated heterocycles. The summed E-state index contributed by atoms with van der Waals surface area (Å²) in [5, 5.41) is 8.85. The second-order valence-electron chi connectivity index (χ2n) is 2.32. The van der Waals surface area contributed by atoms with E-state index in [9.17, 15) is 0 Å². The van der Waals surface area contributed by atoms with Crippen molar-refractivity contribution < 1.29 is 9.84 Å². The molecule has 60 valence electrons. The Morgan fingerprint density at radius 1 is 1.36 bits per heavy atom. The molecule has 0 unspecified atom stereocenters. The van der Waals surface area contributed by atoms with Crippen LogP contribution in [0.4, 0.5) is 0 Å². The third kappa shape index (κ3) is 2.03. The minimum absolute atomic E-state index is 0.0283. The van der Waals surface area contributed by atoms with Crippen LogP contribution >= 0.6 is 0 Å². The Balaban J connectivity index is 2.74. The van der Waals surface area contributed by atoms with E-state index in [2.05, 4.69) is 0 Å². The van der Waals surface area contributed by atoms with Crippen molar-refractivity contribution in [3.8, 4) is 0 Å². The Kier molecular flexibility index (Phi) is 3.08. The molecule has 0 radical (unpaired) electrons. The molecule has 2 nitrogen and oxygen atoms in total. The third-order valence-electron chi connectivity index (χ3n) is 1.62. The van der Waals surface area contributed by atoms with E-state index in [0.29, 0.717) is 0 Å². The highest BCUT2D eigenvalue weighted by molar-refractivity contribution is 5.17. The van der Waals surface area contributed by atoms with E-state index in [4.69, 9.17) is 9.84 Å². The summed E-state index contributed by atoms with van der Waals surface area (Å²) in [6, 6.07) is 9.66. The SMILES string of the molecule is CO[C@H](CO)c1ccccc1. The molecule has 0 aromatic heterocycles. The molecule has 1 N–H and O–H groups in total. The fourth-order valence-electron chi connectivity index (χ4n) is 0.984. The van der Waals surface area contributed by atoms with Crippen molar-refractivity contribution in [1.82, 2.24) is 0 Å². The van der Waals surface area contributed by atoms with E-state index in [0.717, 1.165) is 5.56 Å². The third-order valence-corrected chi connectivity index (χ3v) is 1.62. The molecule has 0 aliphatic heterocycles. The van der Waals surface area contributed by atoms with Crippen LogP contribution in [0.5, 0.6) is 0 Å². The average molecular weight is 152 g/mol. The number of aliphatic hydroxyl groups is 1. The standard InChI is InChI=1S/C9H12O2/c1-11-9(7-10)8-5-3-2-4-6-8/h2-6,9-10H,7H2,1H3/t9-/m1/s1. The monoisotopic (exact) mass is 152 g/mol. The Hall–Kier alpha value is -0.860. The summed E-state index contributed by atoms with van der Waals surface area (Å²) in [6.45, 7) is 0.0283. The van der Waals surface area contributed by atoms with Gasteiger partial charge in [-0.05, 0) is 5.56 Å². The number of hydrogen-bond acceptors (Lipinski definition) is 2. The molecule has 1 aromatic rings. The Morgan fingerprint density at radius 2 is 2.00 bits per heavy atom. The van der Waals surface area contributed by atoms with E-state index in [1.165, 1.54) is 0 Å². The van der Waals surface area contributed by atoms with Crippen LogP contribution in [0.25, 0.3) is 0 Å². The van der Waals surface area contributed by atoms with Crippen LogP contribution in [0.1, 0.15) is 11.7 Å². The largest absolute Gasteiger partial charge is 0.393 e. The molecule has 1 atom stereocenters. The van der Waals surface area contributed by atoms with Gasteiger partial charge in [0.25, 0.3) is 0 Å². The predicted molar refractivity (Wildman–Crippen MR) is 43.3 cm³/mol. The highest BCUT2D eigenvalue weighted by Crippen LogP contribution is 2.14. The maximum absolute atomic E-state index is 8.85. The molecule has 0 bridgehead atoms. The molecule has 0 aliphatic carbocycles. The van der Waals surface area contributed by atoms with Gasteiger partial charge in [-0.1, -0.05) is 30.3 Å². The topological polar surface area (TPSA) is 29.5 Å². The molecular formula is C9H12O2. The predicted octanol–water partition coefficient (Wildman–Crippen LogP) is 1.37. The summed E-state index contributed by atoms with van der Waals surface area (Å²) < 4.78 is 5.04. The first-order valence-electron chi connectivity index (χ1n) is 3.57.